The van der Waals surface area contributed by atoms with E-state index in [0.29, 0.717) is 24.0 Å². The first-order chi connectivity index (χ1) is 21.0. The lowest BCUT2D eigenvalue weighted by molar-refractivity contribution is 0.0379. The van der Waals surface area contributed by atoms with Crippen LogP contribution in [0.2, 0.25) is 0 Å². The summed E-state index contributed by atoms with van der Waals surface area (Å²) in [4.78, 5) is 22.9. The van der Waals surface area contributed by atoms with Gasteiger partial charge in [-0.15, -0.1) is 0 Å². The Labute approximate surface area is 255 Å². The van der Waals surface area contributed by atoms with Crippen molar-refractivity contribution in [2.75, 3.05) is 31.6 Å². The molecule has 7 heteroatoms. The summed E-state index contributed by atoms with van der Waals surface area (Å²) in [7, 11) is 1.67. The maximum absolute atomic E-state index is 13.4. The molecule has 0 radical (unpaired) electrons. The maximum atomic E-state index is 13.4. The highest BCUT2D eigenvalue weighted by molar-refractivity contribution is 6.02. The van der Waals surface area contributed by atoms with Crippen LogP contribution in [0.25, 0.3) is 11.1 Å². The van der Waals surface area contributed by atoms with Gasteiger partial charge >= 0.3 is 5.97 Å². The summed E-state index contributed by atoms with van der Waals surface area (Å²) in [6.07, 6.45) is 2.54. The average molecular weight is 580 g/mol. The molecule has 1 aliphatic heterocycles. The molecule has 5 rings (SSSR count). The standard InChI is InChI=1S/C36H41N3O4/c1-5-38(23-28-16-17-32(41-4)33(22-28)42-25-27-12-8-6-9-13-27)30-19-21-39(24-30)35-34(36(40)43-26(2)3)31(18-20-37-35)29-14-10-7-11-15-29/h6-18,20,22,26,30H,5,19,21,23-25H2,1-4H3/t30-/m1/s1. The molecule has 43 heavy (non-hydrogen) atoms. The number of carbonyl (C=O) groups is 1. The predicted molar refractivity (Wildman–Crippen MR) is 171 cm³/mol. The van der Waals surface area contributed by atoms with Crippen LogP contribution in [0.4, 0.5) is 5.82 Å². The Balaban J connectivity index is 1.34. The van der Waals surface area contributed by atoms with Crippen LogP contribution in [0.15, 0.2) is 91.1 Å². The molecule has 1 aromatic heterocycles. The minimum atomic E-state index is -0.339. The molecule has 0 amide bonds. The normalized spacial score (nSPS) is 14.7. The molecule has 4 aromatic rings. The van der Waals surface area contributed by atoms with Crippen LogP contribution < -0.4 is 14.4 Å². The molecule has 1 atom stereocenters. The molecule has 0 bridgehead atoms. The van der Waals surface area contributed by atoms with Gasteiger partial charge in [-0.25, -0.2) is 9.78 Å². The van der Waals surface area contributed by atoms with E-state index < -0.39 is 0 Å². The van der Waals surface area contributed by atoms with Crippen molar-refractivity contribution in [2.45, 2.75) is 52.5 Å². The van der Waals surface area contributed by atoms with E-state index in [0.717, 1.165) is 66.4 Å². The van der Waals surface area contributed by atoms with Crippen LogP contribution >= 0.6 is 0 Å². The smallest absolute Gasteiger partial charge is 0.342 e. The van der Waals surface area contributed by atoms with Crippen molar-refractivity contribution >= 4 is 11.8 Å². The van der Waals surface area contributed by atoms with Crippen LogP contribution in [0, 0.1) is 0 Å². The second kappa shape index (κ2) is 14.2. The number of hydrogen-bond acceptors (Lipinski definition) is 7. The molecule has 3 aromatic carbocycles. The highest BCUT2D eigenvalue weighted by Gasteiger charge is 2.32. The summed E-state index contributed by atoms with van der Waals surface area (Å²) in [5.41, 5.74) is 4.61. The molecule has 1 aliphatic rings. The van der Waals surface area contributed by atoms with E-state index in [1.165, 1.54) is 0 Å². The fraction of sp³-hybridized carbons (Fsp3) is 0.333. The van der Waals surface area contributed by atoms with Crippen molar-refractivity contribution in [3.63, 3.8) is 0 Å². The summed E-state index contributed by atoms with van der Waals surface area (Å²) in [6.45, 7) is 9.67. The SMILES string of the molecule is CCN(Cc1ccc(OC)c(OCc2ccccc2)c1)[C@@H]1CCN(c2nccc(-c3ccccc3)c2C(=O)OC(C)C)C1. The largest absolute Gasteiger partial charge is 0.493 e. The summed E-state index contributed by atoms with van der Waals surface area (Å²) in [5, 5.41) is 0. The van der Waals surface area contributed by atoms with Crippen molar-refractivity contribution in [1.29, 1.82) is 0 Å². The highest BCUT2D eigenvalue weighted by atomic mass is 16.5. The number of carbonyl (C=O) groups excluding carboxylic acids is 1. The van der Waals surface area contributed by atoms with Gasteiger partial charge in [0.15, 0.2) is 11.5 Å². The molecule has 7 nitrogen and oxygen atoms in total. The number of rotatable bonds is 12. The van der Waals surface area contributed by atoms with Gasteiger partial charge in [0.05, 0.1) is 13.2 Å². The quantitative estimate of drug-likeness (QED) is 0.167. The van der Waals surface area contributed by atoms with E-state index in [1.807, 2.05) is 74.5 Å². The van der Waals surface area contributed by atoms with Gasteiger partial charge < -0.3 is 19.1 Å². The first-order valence-electron chi connectivity index (χ1n) is 15.0. The molecule has 224 valence electrons. The van der Waals surface area contributed by atoms with Gasteiger partial charge in [-0.2, -0.15) is 0 Å². The molecular formula is C36H41N3O4. The molecule has 0 N–H and O–H groups in total. The number of ether oxygens (including phenoxy) is 3. The van der Waals surface area contributed by atoms with Crippen molar-refractivity contribution in [3.05, 3.63) is 108 Å². The van der Waals surface area contributed by atoms with Gasteiger partial charge in [0, 0.05) is 37.4 Å². The second-order valence-electron chi connectivity index (χ2n) is 11.1. The average Bonchev–Trinajstić information content (AvgIpc) is 3.53. The second-order valence-corrected chi connectivity index (χ2v) is 11.1. The summed E-state index contributed by atoms with van der Waals surface area (Å²) in [6, 6.07) is 28.5. The van der Waals surface area contributed by atoms with Crippen LogP contribution in [0.3, 0.4) is 0 Å². The number of hydrogen-bond donors (Lipinski definition) is 0. The van der Waals surface area contributed by atoms with E-state index in [2.05, 4.69) is 41.0 Å². The van der Waals surface area contributed by atoms with Gasteiger partial charge in [-0.3, -0.25) is 4.90 Å². The summed E-state index contributed by atoms with van der Waals surface area (Å²) < 4.78 is 17.5. The van der Waals surface area contributed by atoms with Crippen molar-refractivity contribution in [2.24, 2.45) is 0 Å². The zero-order valence-corrected chi connectivity index (χ0v) is 25.5. The van der Waals surface area contributed by atoms with Gasteiger partial charge in [0.1, 0.15) is 18.0 Å². The van der Waals surface area contributed by atoms with Crippen molar-refractivity contribution < 1.29 is 19.0 Å². The Kier molecular flexibility index (Phi) is 9.95. The molecule has 0 aliphatic carbocycles. The topological polar surface area (TPSA) is 64.1 Å². The van der Waals surface area contributed by atoms with Crippen molar-refractivity contribution in [1.82, 2.24) is 9.88 Å². The third-order valence-corrected chi connectivity index (χ3v) is 7.80. The van der Waals surface area contributed by atoms with Crippen LogP contribution in [0.5, 0.6) is 11.5 Å². The summed E-state index contributed by atoms with van der Waals surface area (Å²) >= 11 is 0. The van der Waals surface area contributed by atoms with Gasteiger partial charge in [-0.1, -0.05) is 73.7 Å². The minimum Gasteiger partial charge on any atom is -0.493 e. The van der Waals surface area contributed by atoms with Gasteiger partial charge in [0.25, 0.3) is 0 Å². The van der Waals surface area contributed by atoms with E-state index in [4.69, 9.17) is 19.2 Å². The molecule has 1 saturated heterocycles. The van der Waals surface area contributed by atoms with E-state index in [-0.39, 0.29) is 12.1 Å². The zero-order valence-electron chi connectivity index (χ0n) is 25.5. The Bertz CT molecular complexity index is 1490. The third-order valence-electron chi connectivity index (χ3n) is 7.80. The lowest BCUT2D eigenvalue weighted by Gasteiger charge is -2.29. The predicted octanol–water partition coefficient (Wildman–Crippen LogP) is 7.00. The molecule has 1 fully saturated rings. The Hall–Kier alpha value is -4.36. The van der Waals surface area contributed by atoms with E-state index >= 15 is 0 Å². The number of pyridine rings is 1. The van der Waals surface area contributed by atoms with Gasteiger partial charge in [-0.05, 0) is 61.7 Å². The highest BCUT2D eigenvalue weighted by Crippen LogP contribution is 2.34. The van der Waals surface area contributed by atoms with E-state index in [1.54, 1.807) is 13.3 Å². The van der Waals surface area contributed by atoms with Crippen LogP contribution in [-0.4, -0.2) is 54.7 Å². The molecule has 0 unspecified atom stereocenters. The lowest BCUT2D eigenvalue weighted by atomic mass is 10.0. The third kappa shape index (κ3) is 7.35. The minimum absolute atomic E-state index is 0.225. The fourth-order valence-electron chi connectivity index (χ4n) is 5.66. The van der Waals surface area contributed by atoms with Gasteiger partial charge in [0.2, 0.25) is 0 Å². The first kappa shape index (κ1) is 30.1. The number of nitrogens with zero attached hydrogens (tertiary/aromatic N) is 3. The van der Waals surface area contributed by atoms with E-state index in [9.17, 15) is 4.79 Å². The number of esters is 1. The lowest BCUT2D eigenvalue weighted by Crippen LogP contribution is -2.37. The fourth-order valence-corrected chi connectivity index (χ4v) is 5.66. The number of aromatic nitrogens is 1. The summed E-state index contributed by atoms with van der Waals surface area (Å²) in [5.74, 6) is 1.81. The Morgan fingerprint density at radius 1 is 0.977 bits per heavy atom. The number of benzene rings is 3. The van der Waals surface area contributed by atoms with Crippen LogP contribution in [-0.2, 0) is 17.9 Å². The Morgan fingerprint density at radius 3 is 2.42 bits per heavy atom. The number of likely N-dealkylation sites (N-methyl/N-ethyl adjacent to an activating group) is 1. The molecule has 0 spiro atoms. The van der Waals surface area contributed by atoms with Crippen LogP contribution in [0.1, 0.15) is 48.7 Å². The Morgan fingerprint density at radius 2 is 1.72 bits per heavy atom. The number of anilines is 1. The molecular weight excluding hydrogens is 538 g/mol. The maximum Gasteiger partial charge on any atom is 0.342 e. The van der Waals surface area contributed by atoms with Crippen molar-refractivity contribution in [3.8, 4) is 22.6 Å². The molecule has 2 heterocycles. The molecule has 0 saturated carbocycles. The first-order valence-corrected chi connectivity index (χ1v) is 15.0. The zero-order chi connectivity index (χ0) is 30.2. The monoisotopic (exact) mass is 579 g/mol. The number of methoxy groups -OCH3 is 1.